The van der Waals surface area contributed by atoms with Crippen molar-refractivity contribution in [2.75, 3.05) is 0 Å². The van der Waals surface area contributed by atoms with Gasteiger partial charge in [0, 0.05) is 6.42 Å². The Morgan fingerprint density at radius 1 is 0.958 bits per heavy atom. The van der Waals surface area contributed by atoms with Crippen molar-refractivity contribution in [2.45, 2.75) is 12.8 Å². The maximum Gasteiger partial charge on any atom is 0.573 e. The summed E-state index contributed by atoms with van der Waals surface area (Å²) in [6, 6.07) is 17.2. The number of alkyl halides is 3. The minimum atomic E-state index is -4.71. The maximum atomic E-state index is 12.3. The highest BCUT2D eigenvalue weighted by Gasteiger charge is 2.30. The lowest BCUT2D eigenvalue weighted by Gasteiger charge is -2.12. The monoisotopic (exact) mass is 330 g/mol. The zero-order valence-electron chi connectivity index (χ0n) is 12.5. The number of rotatable bonds is 4. The van der Waals surface area contributed by atoms with Crippen LogP contribution in [0.15, 0.2) is 60.7 Å². The molecule has 2 nitrogen and oxygen atoms in total. The molecule has 0 aromatic heterocycles. The number of aldehydes is 1. The molecule has 0 saturated carbocycles. The molecule has 122 valence electrons. The van der Waals surface area contributed by atoms with Gasteiger partial charge in [0.25, 0.3) is 0 Å². The number of halogens is 3. The van der Waals surface area contributed by atoms with Crippen LogP contribution in [0.25, 0.3) is 21.9 Å². The Balaban J connectivity index is 2.06. The van der Waals surface area contributed by atoms with Crippen LogP contribution in [0.1, 0.15) is 5.56 Å². The molecule has 0 radical (unpaired) electrons. The van der Waals surface area contributed by atoms with Crippen molar-refractivity contribution in [3.63, 3.8) is 0 Å². The van der Waals surface area contributed by atoms with Crippen molar-refractivity contribution >= 4 is 17.1 Å². The number of carbonyl (C=O) groups is 1. The Hall–Kier alpha value is -2.82. The fraction of sp³-hybridized carbons (Fsp3) is 0.105. The van der Waals surface area contributed by atoms with E-state index in [1.54, 1.807) is 12.1 Å². The molecule has 0 saturated heterocycles. The quantitative estimate of drug-likeness (QED) is 0.619. The van der Waals surface area contributed by atoms with Crippen LogP contribution in [-0.2, 0) is 11.2 Å². The summed E-state index contributed by atoms with van der Waals surface area (Å²) in [4.78, 5) is 10.8. The molecule has 0 aliphatic rings. The number of hydrogen-bond acceptors (Lipinski definition) is 2. The molecule has 0 atom stereocenters. The van der Waals surface area contributed by atoms with Gasteiger partial charge in [-0.2, -0.15) is 0 Å². The molecule has 0 heterocycles. The van der Waals surface area contributed by atoms with E-state index in [1.807, 2.05) is 36.4 Å². The van der Waals surface area contributed by atoms with E-state index in [4.69, 9.17) is 0 Å². The number of carbonyl (C=O) groups excluding carboxylic acids is 1. The van der Waals surface area contributed by atoms with Crippen molar-refractivity contribution in [3.05, 3.63) is 66.2 Å². The third kappa shape index (κ3) is 3.56. The first-order chi connectivity index (χ1) is 11.5. The van der Waals surface area contributed by atoms with Crippen molar-refractivity contribution in [3.8, 4) is 16.9 Å². The van der Waals surface area contributed by atoms with Gasteiger partial charge in [-0.05, 0) is 39.6 Å². The summed E-state index contributed by atoms with van der Waals surface area (Å²) in [5.41, 5.74) is 2.48. The third-order valence-corrected chi connectivity index (χ3v) is 3.64. The Morgan fingerprint density at radius 2 is 1.67 bits per heavy atom. The van der Waals surface area contributed by atoms with E-state index in [0.717, 1.165) is 33.7 Å². The molecule has 0 fully saturated rings. The summed E-state index contributed by atoms with van der Waals surface area (Å²) < 4.78 is 40.7. The van der Waals surface area contributed by atoms with Crippen LogP contribution < -0.4 is 4.74 Å². The fourth-order valence-corrected chi connectivity index (χ4v) is 2.66. The van der Waals surface area contributed by atoms with Crippen LogP contribution in [0.4, 0.5) is 13.2 Å². The van der Waals surface area contributed by atoms with E-state index in [1.165, 1.54) is 12.1 Å². The number of fused-ring (bicyclic) bond motifs is 1. The SMILES string of the molecule is O=CCc1cc(-c2ccc(OC(F)(F)F)cc2)c2ccccc2c1. The molecule has 0 aliphatic heterocycles. The average Bonchev–Trinajstić information content (AvgIpc) is 2.54. The molecule has 3 rings (SSSR count). The lowest BCUT2D eigenvalue weighted by Crippen LogP contribution is -2.16. The van der Waals surface area contributed by atoms with Gasteiger partial charge in [0.15, 0.2) is 0 Å². The Kier molecular flexibility index (Phi) is 4.25. The summed E-state index contributed by atoms with van der Waals surface area (Å²) in [5.74, 6) is -0.264. The first-order valence-corrected chi connectivity index (χ1v) is 7.28. The lowest BCUT2D eigenvalue weighted by molar-refractivity contribution is -0.274. The highest BCUT2D eigenvalue weighted by atomic mass is 19.4. The summed E-state index contributed by atoms with van der Waals surface area (Å²) in [7, 11) is 0. The normalized spacial score (nSPS) is 11.5. The van der Waals surface area contributed by atoms with Gasteiger partial charge in [-0.25, -0.2) is 0 Å². The van der Waals surface area contributed by atoms with Gasteiger partial charge in [0.2, 0.25) is 0 Å². The second kappa shape index (κ2) is 6.35. The number of benzene rings is 3. The second-order valence-electron chi connectivity index (χ2n) is 5.31. The van der Waals surface area contributed by atoms with Gasteiger partial charge in [-0.15, -0.1) is 13.2 Å². The maximum absolute atomic E-state index is 12.3. The highest BCUT2D eigenvalue weighted by molar-refractivity contribution is 5.97. The number of ether oxygens (including phenoxy) is 1. The molecule has 5 heteroatoms. The van der Waals surface area contributed by atoms with Gasteiger partial charge in [-0.3, -0.25) is 0 Å². The first kappa shape index (κ1) is 16.1. The van der Waals surface area contributed by atoms with Crippen LogP contribution in [-0.4, -0.2) is 12.6 Å². The summed E-state index contributed by atoms with van der Waals surface area (Å²) >= 11 is 0. The molecule has 0 N–H and O–H groups in total. The van der Waals surface area contributed by atoms with E-state index in [-0.39, 0.29) is 12.2 Å². The summed E-state index contributed by atoms with van der Waals surface area (Å²) in [6.45, 7) is 0. The van der Waals surface area contributed by atoms with Gasteiger partial charge in [-0.1, -0.05) is 48.5 Å². The molecular weight excluding hydrogens is 317 g/mol. The standard InChI is InChI=1S/C19H13F3O2/c20-19(21,22)24-16-7-5-14(6-8-16)18-12-13(9-10-23)11-15-3-1-2-4-17(15)18/h1-8,10-12H,9H2. The van der Waals surface area contributed by atoms with E-state index in [9.17, 15) is 18.0 Å². The molecule has 0 bridgehead atoms. The van der Waals surface area contributed by atoms with Crippen molar-refractivity contribution in [1.82, 2.24) is 0 Å². The molecular formula is C19H13F3O2. The van der Waals surface area contributed by atoms with Crippen LogP contribution in [0.2, 0.25) is 0 Å². The van der Waals surface area contributed by atoms with E-state index >= 15 is 0 Å². The van der Waals surface area contributed by atoms with Crippen molar-refractivity contribution in [2.24, 2.45) is 0 Å². The Morgan fingerprint density at radius 3 is 2.33 bits per heavy atom. The molecule has 0 spiro atoms. The smallest absolute Gasteiger partial charge is 0.406 e. The van der Waals surface area contributed by atoms with Gasteiger partial charge in [0.05, 0.1) is 0 Å². The van der Waals surface area contributed by atoms with Crippen LogP contribution in [0, 0.1) is 0 Å². The molecule has 0 unspecified atom stereocenters. The third-order valence-electron chi connectivity index (χ3n) is 3.64. The minimum Gasteiger partial charge on any atom is -0.406 e. The zero-order chi connectivity index (χ0) is 17.2. The van der Waals surface area contributed by atoms with E-state index < -0.39 is 6.36 Å². The van der Waals surface area contributed by atoms with Crippen molar-refractivity contribution < 1.29 is 22.7 Å². The molecule has 0 aliphatic carbocycles. The van der Waals surface area contributed by atoms with Crippen LogP contribution in [0.3, 0.4) is 0 Å². The average molecular weight is 330 g/mol. The second-order valence-corrected chi connectivity index (χ2v) is 5.31. The first-order valence-electron chi connectivity index (χ1n) is 7.28. The van der Waals surface area contributed by atoms with Crippen LogP contribution in [0.5, 0.6) is 5.75 Å². The summed E-state index contributed by atoms with van der Waals surface area (Å²) in [6.07, 6.45) is -3.60. The molecule has 0 amide bonds. The molecule has 3 aromatic rings. The lowest BCUT2D eigenvalue weighted by atomic mass is 9.95. The Labute approximate surface area is 136 Å². The van der Waals surface area contributed by atoms with Crippen LogP contribution >= 0.6 is 0 Å². The van der Waals surface area contributed by atoms with E-state index in [0.29, 0.717) is 0 Å². The number of hydrogen-bond donors (Lipinski definition) is 0. The Bertz CT molecular complexity index is 868. The van der Waals surface area contributed by atoms with E-state index in [2.05, 4.69) is 4.74 Å². The topological polar surface area (TPSA) is 26.3 Å². The molecule has 3 aromatic carbocycles. The van der Waals surface area contributed by atoms with Crippen molar-refractivity contribution in [1.29, 1.82) is 0 Å². The largest absolute Gasteiger partial charge is 0.573 e. The summed E-state index contributed by atoms with van der Waals surface area (Å²) in [5, 5.41) is 1.94. The predicted octanol–water partition coefficient (Wildman–Crippen LogP) is 5.15. The zero-order valence-corrected chi connectivity index (χ0v) is 12.5. The predicted molar refractivity (Wildman–Crippen MR) is 85.8 cm³/mol. The minimum absolute atomic E-state index is 0.264. The van der Waals surface area contributed by atoms with Gasteiger partial charge in [0.1, 0.15) is 12.0 Å². The fourth-order valence-electron chi connectivity index (χ4n) is 2.66. The highest BCUT2D eigenvalue weighted by Crippen LogP contribution is 2.32. The van der Waals surface area contributed by atoms with Gasteiger partial charge >= 0.3 is 6.36 Å². The molecule has 24 heavy (non-hydrogen) atoms. The van der Waals surface area contributed by atoms with Gasteiger partial charge < -0.3 is 9.53 Å².